The van der Waals surface area contributed by atoms with Gasteiger partial charge in [-0.15, -0.1) is 0 Å². The summed E-state index contributed by atoms with van der Waals surface area (Å²) in [6.07, 6.45) is 0. The van der Waals surface area contributed by atoms with E-state index in [1.807, 2.05) is 37.3 Å². The first-order valence-electron chi connectivity index (χ1n) is 4.95. The topological polar surface area (TPSA) is 35.2 Å². The molecule has 2 rings (SSSR count). The Kier molecular flexibility index (Phi) is 3.02. The standard InChI is InChI=1S/C13H12ClNO/c1-9-2-7-12(14)13(8-9)16-11-5-3-10(15)4-6-11/h2-8H,15H2,1H3. The summed E-state index contributed by atoms with van der Waals surface area (Å²) in [4.78, 5) is 0. The Labute approximate surface area is 99.6 Å². The maximum Gasteiger partial charge on any atom is 0.146 e. The molecule has 0 heterocycles. The Morgan fingerprint density at radius 2 is 1.75 bits per heavy atom. The molecule has 0 aromatic heterocycles. The fraction of sp³-hybridized carbons (Fsp3) is 0.0769. The molecule has 0 aliphatic heterocycles. The normalized spacial score (nSPS) is 10.1. The van der Waals surface area contributed by atoms with Gasteiger partial charge in [-0.25, -0.2) is 0 Å². The molecule has 2 nitrogen and oxygen atoms in total. The lowest BCUT2D eigenvalue weighted by atomic mass is 10.2. The first-order chi connectivity index (χ1) is 7.65. The monoisotopic (exact) mass is 233 g/mol. The second-order valence-electron chi connectivity index (χ2n) is 3.60. The Bertz CT molecular complexity index is 494. The number of nitrogens with two attached hydrogens (primary N) is 1. The van der Waals surface area contributed by atoms with Crippen LogP contribution in [0.15, 0.2) is 42.5 Å². The van der Waals surface area contributed by atoms with Crippen LogP contribution in [-0.4, -0.2) is 0 Å². The zero-order valence-corrected chi connectivity index (χ0v) is 9.66. The Morgan fingerprint density at radius 3 is 2.44 bits per heavy atom. The van der Waals surface area contributed by atoms with Crippen molar-refractivity contribution >= 4 is 17.3 Å². The fourth-order valence-electron chi connectivity index (χ4n) is 1.35. The van der Waals surface area contributed by atoms with E-state index in [0.717, 1.165) is 11.3 Å². The molecule has 82 valence electrons. The van der Waals surface area contributed by atoms with Crippen LogP contribution in [0.2, 0.25) is 5.02 Å². The van der Waals surface area contributed by atoms with Gasteiger partial charge >= 0.3 is 0 Å². The van der Waals surface area contributed by atoms with Crippen molar-refractivity contribution in [1.29, 1.82) is 0 Å². The lowest BCUT2D eigenvalue weighted by Gasteiger charge is -2.08. The van der Waals surface area contributed by atoms with Gasteiger partial charge in [-0.3, -0.25) is 0 Å². The van der Waals surface area contributed by atoms with E-state index in [2.05, 4.69) is 0 Å². The SMILES string of the molecule is Cc1ccc(Cl)c(Oc2ccc(N)cc2)c1. The molecule has 0 bridgehead atoms. The van der Waals surface area contributed by atoms with E-state index in [1.165, 1.54) is 0 Å². The molecule has 0 unspecified atom stereocenters. The fourth-order valence-corrected chi connectivity index (χ4v) is 1.51. The molecule has 2 N–H and O–H groups in total. The Hall–Kier alpha value is -1.67. The van der Waals surface area contributed by atoms with E-state index in [9.17, 15) is 0 Å². The largest absolute Gasteiger partial charge is 0.456 e. The van der Waals surface area contributed by atoms with Gasteiger partial charge in [-0.1, -0.05) is 17.7 Å². The number of benzene rings is 2. The first-order valence-corrected chi connectivity index (χ1v) is 5.32. The van der Waals surface area contributed by atoms with Crippen molar-refractivity contribution in [1.82, 2.24) is 0 Å². The summed E-state index contributed by atoms with van der Waals surface area (Å²) in [5.74, 6) is 1.38. The van der Waals surface area contributed by atoms with Crippen LogP contribution in [0.3, 0.4) is 0 Å². The minimum absolute atomic E-state index is 0.599. The van der Waals surface area contributed by atoms with Gasteiger partial charge in [0, 0.05) is 5.69 Å². The zero-order chi connectivity index (χ0) is 11.5. The molecule has 0 radical (unpaired) electrons. The summed E-state index contributed by atoms with van der Waals surface area (Å²) in [5.41, 5.74) is 7.41. The summed E-state index contributed by atoms with van der Waals surface area (Å²) in [6, 6.07) is 12.9. The Morgan fingerprint density at radius 1 is 1.06 bits per heavy atom. The highest BCUT2D eigenvalue weighted by atomic mass is 35.5. The summed E-state index contributed by atoms with van der Waals surface area (Å²) in [7, 11) is 0. The van der Waals surface area contributed by atoms with Crippen LogP contribution < -0.4 is 10.5 Å². The average Bonchev–Trinajstić information content (AvgIpc) is 2.27. The van der Waals surface area contributed by atoms with Crippen molar-refractivity contribution in [3.8, 4) is 11.5 Å². The van der Waals surface area contributed by atoms with E-state index in [4.69, 9.17) is 22.1 Å². The first kappa shape index (κ1) is 10.8. The summed E-state index contributed by atoms with van der Waals surface area (Å²) >= 11 is 6.03. The van der Waals surface area contributed by atoms with Crippen LogP contribution >= 0.6 is 11.6 Å². The second kappa shape index (κ2) is 4.45. The number of hydrogen-bond donors (Lipinski definition) is 1. The number of hydrogen-bond acceptors (Lipinski definition) is 2. The van der Waals surface area contributed by atoms with Crippen molar-refractivity contribution < 1.29 is 4.74 Å². The molecule has 0 spiro atoms. The summed E-state index contributed by atoms with van der Waals surface area (Å²) < 4.78 is 5.66. The average molecular weight is 234 g/mol. The highest BCUT2D eigenvalue weighted by molar-refractivity contribution is 6.32. The third kappa shape index (κ3) is 2.47. The van der Waals surface area contributed by atoms with Crippen molar-refractivity contribution in [2.75, 3.05) is 5.73 Å². The maximum atomic E-state index is 6.03. The van der Waals surface area contributed by atoms with Gasteiger partial charge in [-0.05, 0) is 48.9 Å². The molecule has 2 aromatic carbocycles. The van der Waals surface area contributed by atoms with Crippen molar-refractivity contribution in [3.05, 3.63) is 53.1 Å². The molecule has 0 fully saturated rings. The number of halogens is 1. The molecule has 3 heteroatoms. The maximum absolute atomic E-state index is 6.03. The molecule has 0 aliphatic carbocycles. The van der Waals surface area contributed by atoms with Gasteiger partial charge in [0.15, 0.2) is 0 Å². The van der Waals surface area contributed by atoms with Crippen molar-refractivity contribution in [2.24, 2.45) is 0 Å². The second-order valence-corrected chi connectivity index (χ2v) is 4.01. The quantitative estimate of drug-likeness (QED) is 0.795. The van der Waals surface area contributed by atoms with Crippen molar-refractivity contribution in [3.63, 3.8) is 0 Å². The van der Waals surface area contributed by atoms with Gasteiger partial charge in [0.25, 0.3) is 0 Å². The number of aryl methyl sites for hydroxylation is 1. The molecule has 0 amide bonds. The lowest BCUT2D eigenvalue weighted by Crippen LogP contribution is -1.88. The molecule has 0 saturated heterocycles. The molecule has 0 aliphatic rings. The van der Waals surface area contributed by atoms with Gasteiger partial charge in [0.2, 0.25) is 0 Å². The highest BCUT2D eigenvalue weighted by Gasteiger charge is 2.03. The van der Waals surface area contributed by atoms with Gasteiger partial charge in [0.1, 0.15) is 11.5 Å². The Balaban J connectivity index is 2.26. The minimum atomic E-state index is 0.599. The smallest absolute Gasteiger partial charge is 0.146 e. The number of nitrogen functional groups attached to an aromatic ring is 1. The molecule has 16 heavy (non-hydrogen) atoms. The van der Waals surface area contributed by atoms with Crippen LogP contribution in [0.5, 0.6) is 11.5 Å². The minimum Gasteiger partial charge on any atom is -0.456 e. The van der Waals surface area contributed by atoms with Crippen LogP contribution in [0.4, 0.5) is 5.69 Å². The van der Waals surface area contributed by atoms with Gasteiger partial charge < -0.3 is 10.5 Å². The molecular weight excluding hydrogens is 222 g/mol. The zero-order valence-electron chi connectivity index (χ0n) is 8.91. The summed E-state index contributed by atoms with van der Waals surface area (Å²) in [5, 5.41) is 0.599. The third-order valence-corrected chi connectivity index (χ3v) is 2.51. The van der Waals surface area contributed by atoms with E-state index < -0.39 is 0 Å². The molecule has 0 atom stereocenters. The summed E-state index contributed by atoms with van der Waals surface area (Å²) in [6.45, 7) is 1.99. The van der Waals surface area contributed by atoms with E-state index in [-0.39, 0.29) is 0 Å². The van der Waals surface area contributed by atoms with E-state index >= 15 is 0 Å². The van der Waals surface area contributed by atoms with Gasteiger partial charge in [0.05, 0.1) is 5.02 Å². The molecular formula is C13H12ClNO. The van der Waals surface area contributed by atoms with Gasteiger partial charge in [-0.2, -0.15) is 0 Å². The predicted octanol–water partition coefficient (Wildman–Crippen LogP) is 4.02. The van der Waals surface area contributed by atoms with Crippen LogP contribution in [-0.2, 0) is 0 Å². The van der Waals surface area contributed by atoms with Crippen LogP contribution in [0.1, 0.15) is 5.56 Å². The lowest BCUT2D eigenvalue weighted by molar-refractivity contribution is 0.482. The van der Waals surface area contributed by atoms with Crippen LogP contribution in [0.25, 0.3) is 0 Å². The number of ether oxygens (including phenoxy) is 1. The van der Waals surface area contributed by atoms with Crippen LogP contribution in [0, 0.1) is 6.92 Å². The third-order valence-electron chi connectivity index (χ3n) is 2.19. The molecule has 0 saturated carbocycles. The predicted molar refractivity (Wildman–Crippen MR) is 67.1 cm³/mol. The number of anilines is 1. The highest BCUT2D eigenvalue weighted by Crippen LogP contribution is 2.30. The van der Waals surface area contributed by atoms with Crippen molar-refractivity contribution in [2.45, 2.75) is 6.92 Å². The van der Waals surface area contributed by atoms with E-state index in [0.29, 0.717) is 16.5 Å². The number of rotatable bonds is 2. The van der Waals surface area contributed by atoms with E-state index in [1.54, 1.807) is 12.1 Å². The molecule has 2 aromatic rings.